The second-order valence-electron chi connectivity index (χ2n) is 6.87. The van der Waals surface area contributed by atoms with E-state index in [1.165, 1.54) is 29.3 Å². The normalized spacial score (nSPS) is 11.3. The van der Waals surface area contributed by atoms with Gasteiger partial charge in [0.1, 0.15) is 0 Å². The Morgan fingerprint density at radius 3 is 2.20 bits per heavy atom. The second-order valence-corrected chi connectivity index (χ2v) is 9.60. The van der Waals surface area contributed by atoms with E-state index in [1.807, 2.05) is 12.1 Å². The Morgan fingerprint density at radius 1 is 0.967 bits per heavy atom. The Labute approximate surface area is 181 Å². The summed E-state index contributed by atoms with van der Waals surface area (Å²) in [5.74, 6) is -0.327. The predicted molar refractivity (Wildman–Crippen MR) is 121 cm³/mol. The third-order valence-corrected chi connectivity index (χ3v) is 7.16. The average Bonchev–Trinajstić information content (AvgIpc) is 2.73. The molecular formula is C23H23NO4S2. The lowest BCUT2D eigenvalue weighted by molar-refractivity contribution is 0.0696. The molecule has 0 amide bonds. The van der Waals surface area contributed by atoms with Crippen LogP contribution >= 0.6 is 11.8 Å². The minimum absolute atomic E-state index is 0.0309. The molecule has 7 heteroatoms. The monoisotopic (exact) mass is 441 g/mol. The number of rotatable bonds is 8. The van der Waals surface area contributed by atoms with Crippen molar-refractivity contribution >= 4 is 33.4 Å². The highest BCUT2D eigenvalue weighted by atomic mass is 32.2. The topological polar surface area (TPSA) is 83.5 Å². The van der Waals surface area contributed by atoms with Gasteiger partial charge >= 0.3 is 5.97 Å². The number of carbonyl (C=O) groups is 1. The molecule has 0 aromatic heterocycles. The van der Waals surface area contributed by atoms with Crippen molar-refractivity contribution in [3.63, 3.8) is 0 Å². The number of benzene rings is 3. The summed E-state index contributed by atoms with van der Waals surface area (Å²) in [6.45, 7) is 3.76. The number of hydrogen-bond donors (Lipinski definition) is 2. The van der Waals surface area contributed by atoms with Crippen LogP contribution in [-0.2, 0) is 22.2 Å². The molecule has 30 heavy (non-hydrogen) atoms. The minimum atomic E-state index is -3.88. The zero-order valence-electron chi connectivity index (χ0n) is 16.8. The van der Waals surface area contributed by atoms with Crippen LogP contribution in [0, 0.1) is 6.92 Å². The largest absolute Gasteiger partial charge is 0.478 e. The summed E-state index contributed by atoms with van der Waals surface area (Å²) in [4.78, 5) is 12.2. The summed E-state index contributed by atoms with van der Waals surface area (Å²) in [5.41, 5.74) is 3.44. The van der Waals surface area contributed by atoms with Crippen LogP contribution in [0.5, 0.6) is 0 Å². The lowest BCUT2D eigenvalue weighted by Crippen LogP contribution is -2.14. The molecule has 0 atom stereocenters. The summed E-state index contributed by atoms with van der Waals surface area (Å²) in [6, 6.07) is 19.7. The molecule has 0 heterocycles. The quantitative estimate of drug-likeness (QED) is 0.461. The molecule has 0 radical (unpaired) electrons. The molecule has 3 aromatic carbocycles. The Kier molecular flexibility index (Phi) is 6.84. The maximum Gasteiger partial charge on any atom is 0.335 e. The molecule has 0 saturated carbocycles. The van der Waals surface area contributed by atoms with Crippen molar-refractivity contribution in [3.05, 3.63) is 89.0 Å². The molecule has 0 aliphatic carbocycles. The van der Waals surface area contributed by atoms with Gasteiger partial charge in [0.05, 0.1) is 10.5 Å². The van der Waals surface area contributed by atoms with E-state index in [9.17, 15) is 18.3 Å². The van der Waals surface area contributed by atoms with Crippen molar-refractivity contribution in [2.24, 2.45) is 0 Å². The van der Waals surface area contributed by atoms with E-state index >= 15 is 0 Å². The van der Waals surface area contributed by atoms with E-state index in [0.717, 1.165) is 17.1 Å². The molecule has 3 rings (SSSR count). The van der Waals surface area contributed by atoms with Crippen LogP contribution in [0.4, 0.5) is 5.69 Å². The van der Waals surface area contributed by atoms with Gasteiger partial charge in [-0.3, -0.25) is 4.72 Å². The van der Waals surface area contributed by atoms with Gasteiger partial charge in [-0.1, -0.05) is 37.3 Å². The van der Waals surface area contributed by atoms with Crippen LogP contribution in [0.3, 0.4) is 0 Å². The smallest absolute Gasteiger partial charge is 0.335 e. The molecule has 3 aromatic rings. The number of carboxylic acid groups (broad SMARTS) is 1. The first-order valence-electron chi connectivity index (χ1n) is 9.46. The number of hydrogen-bond acceptors (Lipinski definition) is 4. The van der Waals surface area contributed by atoms with E-state index in [4.69, 9.17) is 0 Å². The first-order valence-corrected chi connectivity index (χ1v) is 11.9. The highest BCUT2D eigenvalue weighted by Crippen LogP contribution is 2.26. The summed E-state index contributed by atoms with van der Waals surface area (Å²) in [7, 11) is -3.88. The summed E-state index contributed by atoms with van der Waals surface area (Å²) in [6.07, 6.45) is 1.02. The maximum atomic E-state index is 12.6. The van der Waals surface area contributed by atoms with Gasteiger partial charge in [0.25, 0.3) is 10.0 Å². The number of sulfonamides is 1. The van der Waals surface area contributed by atoms with Crippen LogP contribution in [0.15, 0.2) is 76.5 Å². The molecule has 5 nitrogen and oxygen atoms in total. The minimum Gasteiger partial charge on any atom is -0.478 e. The van der Waals surface area contributed by atoms with E-state index in [0.29, 0.717) is 11.3 Å². The van der Waals surface area contributed by atoms with Gasteiger partial charge in [0, 0.05) is 16.3 Å². The van der Waals surface area contributed by atoms with Crippen molar-refractivity contribution in [1.82, 2.24) is 0 Å². The fourth-order valence-electron chi connectivity index (χ4n) is 2.87. The van der Waals surface area contributed by atoms with Gasteiger partial charge in [0.15, 0.2) is 0 Å². The predicted octanol–water partition coefficient (Wildman–Crippen LogP) is 5.35. The van der Waals surface area contributed by atoms with Gasteiger partial charge in [-0.15, -0.1) is 11.8 Å². The Bertz CT molecular complexity index is 1140. The van der Waals surface area contributed by atoms with Crippen LogP contribution in [0.1, 0.15) is 34.0 Å². The molecule has 0 aliphatic heterocycles. The third-order valence-electron chi connectivity index (χ3n) is 4.69. The van der Waals surface area contributed by atoms with Crippen molar-refractivity contribution in [2.75, 3.05) is 4.72 Å². The Hall–Kier alpha value is -2.77. The van der Waals surface area contributed by atoms with Gasteiger partial charge in [-0.2, -0.15) is 0 Å². The van der Waals surface area contributed by atoms with Gasteiger partial charge < -0.3 is 5.11 Å². The number of carboxylic acids is 1. The zero-order valence-corrected chi connectivity index (χ0v) is 18.4. The van der Waals surface area contributed by atoms with Crippen LogP contribution < -0.4 is 4.72 Å². The second kappa shape index (κ2) is 9.36. The molecule has 0 aliphatic rings. The molecule has 0 fully saturated rings. The van der Waals surface area contributed by atoms with Gasteiger partial charge in [0.2, 0.25) is 0 Å². The Morgan fingerprint density at radius 2 is 1.60 bits per heavy atom. The molecule has 0 saturated heterocycles. The number of aryl methyl sites for hydroxylation is 2. The van der Waals surface area contributed by atoms with Crippen molar-refractivity contribution < 1.29 is 18.3 Å². The Balaban J connectivity index is 1.67. The van der Waals surface area contributed by atoms with Crippen LogP contribution in [0.2, 0.25) is 0 Å². The molecule has 0 spiro atoms. The standard InChI is InChI=1S/C23H23NO4S2/c1-3-17-5-7-18(8-6-17)15-29-20-11-9-19(10-12-20)24-30(27,28)21-13-4-16(2)22(14-21)23(25)26/h4-14,24H,3,15H2,1-2H3,(H,25,26). The van der Waals surface area contributed by atoms with E-state index in [-0.39, 0.29) is 10.5 Å². The number of anilines is 1. The number of aromatic carboxylic acids is 1. The SMILES string of the molecule is CCc1ccc(CSc2ccc(NS(=O)(=O)c3ccc(C)c(C(=O)O)c3)cc2)cc1. The molecule has 0 unspecified atom stereocenters. The van der Waals surface area contributed by atoms with Crippen molar-refractivity contribution in [2.45, 2.75) is 35.8 Å². The summed E-state index contributed by atoms with van der Waals surface area (Å²) >= 11 is 1.67. The van der Waals surface area contributed by atoms with Crippen LogP contribution in [0.25, 0.3) is 0 Å². The average molecular weight is 442 g/mol. The third kappa shape index (κ3) is 5.43. The lowest BCUT2D eigenvalue weighted by Gasteiger charge is -2.10. The lowest BCUT2D eigenvalue weighted by atomic mass is 10.1. The van der Waals surface area contributed by atoms with E-state index in [1.54, 1.807) is 30.8 Å². The van der Waals surface area contributed by atoms with E-state index < -0.39 is 16.0 Å². The van der Waals surface area contributed by atoms with Gasteiger partial charge in [-0.25, -0.2) is 13.2 Å². The molecule has 2 N–H and O–H groups in total. The summed E-state index contributed by atoms with van der Waals surface area (Å²) < 4.78 is 27.8. The first-order chi connectivity index (χ1) is 14.3. The maximum absolute atomic E-state index is 12.6. The highest BCUT2D eigenvalue weighted by molar-refractivity contribution is 7.98. The fourth-order valence-corrected chi connectivity index (χ4v) is 4.81. The highest BCUT2D eigenvalue weighted by Gasteiger charge is 2.18. The van der Waals surface area contributed by atoms with E-state index in [2.05, 4.69) is 35.9 Å². The fraction of sp³-hybridized carbons (Fsp3) is 0.174. The molecular weight excluding hydrogens is 418 g/mol. The molecule has 0 bridgehead atoms. The summed E-state index contributed by atoms with van der Waals surface area (Å²) in [5, 5.41) is 9.22. The number of thioether (sulfide) groups is 1. The van der Waals surface area contributed by atoms with Crippen molar-refractivity contribution in [3.8, 4) is 0 Å². The number of nitrogens with one attached hydrogen (secondary N) is 1. The molecule has 156 valence electrons. The van der Waals surface area contributed by atoms with Gasteiger partial charge in [-0.05, 0) is 66.4 Å². The zero-order chi connectivity index (χ0) is 21.7. The van der Waals surface area contributed by atoms with Crippen molar-refractivity contribution in [1.29, 1.82) is 0 Å². The first kappa shape index (κ1) is 21.9. The van der Waals surface area contributed by atoms with Crippen LogP contribution in [-0.4, -0.2) is 19.5 Å².